The molecule has 0 radical (unpaired) electrons. The molecule has 0 aliphatic carbocycles. The van der Waals surface area contributed by atoms with Gasteiger partial charge in [-0.1, -0.05) is 110 Å². The minimum absolute atomic E-state index is 0.130. The van der Waals surface area contributed by atoms with Gasteiger partial charge >= 0.3 is 11.9 Å². The lowest BCUT2D eigenvalue weighted by Crippen LogP contribution is -2.39. The average Bonchev–Trinajstić information content (AvgIpc) is 2.88. The van der Waals surface area contributed by atoms with Gasteiger partial charge in [-0.15, -0.1) is 0 Å². The smallest absolute Gasteiger partial charge is 0.317 e. The van der Waals surface area contributed by atoms with E-state index in [-0.39, 0.29) is 12.5 Å². The topological polar surface area (TPSA) is 70.1 Å². The summed E-state index contributed by atoms with van der Waals surface area (Å²) >= 11 is 0. The number of carbonyl (C=O) groups is 2. The summed E-state index contributed by atoms with van der Waals surface area (Å²) in [7, 11) is 1.43. The first-order chi connectivity index (χ1) is 18.0. The molecule has 0 spiro atoms. The van der Waals surface area contributed by atoms with Crippen molar-refractivity contribution in [1.82, 2.24) is 9.80 Å². The van der Waals surface area contributed by atoms with Crippen molar-refractivity contribution in [2.75, 3.05) is 46.4 Å². The molecule has 6 nitrogen and oxygen atoms in total. The van der Waals surface area contributed by atoms with Gasteiger partial charge in [0.2, 0.25) is 0 Å². The summed E-state index contributed by atoms with van der Waals surface area (Å²) in [6.45, 7) is 9.60. The Bertz CT molecular complexity index is 497. The molecule has 0 saturated heterocycles. The first kappa shape index (κ1) is 35.9. The molecule has 6 heteroatoms. The molecule has 0 atom stereocenters. The van der Waals surface area contributed by atoms with Crippen molar-refractivity contribution < 1.29 is 19.4 Å². The van der Waals surface area contributed by atoms with E-state index in [2.05, 4.69) is 28.4 Å². The molecule has 220 valence electrons. The highest BCUT2D eigenvalue weighted by Gasteiger charge is 2.12. The minimum atomic E-state index is -0.733. The Morgan fingerprint density at radius 2 is 0.919 bits per heavy atom. The molecule has 0 aromatic carbocycles. The van der Waals surface area contributed by atoms with Gasteiger partial charge in [-0.2, -0.15) is 0 Å². The number of nitrogens with zero attached hydrogens (tertiary/aromatic N) is 2. The lowest BCUT2D eigenvalue weighted by molar-refractivity contribution is -0.141. The molecule has 0 aromatic heterocycles. The normalized spacial score (nSPS) is 11.5. The third-order valence-electron chi connectivity index (χ3n) is 7.33. The molecule has 0 saturated carbocycles. The van der Waals surface area contributed by atoms with Crippen molar-refractivity contribution in [3.63, 3.8) is 0 Å². The maximum Gasteiger partial charge on any atom is 0.317 e. The van der Waals surface area contributed by atoms with Crippen LogP contribution in [0.2, 0.25) is 0 Å². The van der Waals surface area contributed by atoms with Gasteiger partial charge in [0, 0.05) is 19.5 Å². The van der Waals surface area contributed by atoms with Crippen LogP contribution >= 0.6 is 0 Å². The predicted octanol–water partition coefficient (Wildman–Crippen LogP) is 7.69. The molecule has 0 rings (SSSR count). The second-order valence-corrected chi connectivity index (χ2v) is 10.8. The zero-order valence-electron chi connectivity index (χ0n) is 25.0. The summed E-state index contributed by atoms with van der Waals surface area (Å²) < 4.78 is 4.69. The van der Waals surface area contributed by atoms with Crippen LogP contribution in [0.3, 0.4) is 0 Å². The highest BCUT2D eigenvalue weighted by molar-refractivity contribution is 5.69. The van der Waals surface area contributed by atoms with Crippen molar-refractivity contribution in [3.8, 4) is 0 Å². The van der Waals surface area contributed by atoms with Crippen molar-refractivity contribution in [2.24, 2.45) is 0 Å². The van der Waals surface area contributed by atoms with Crippen LogP contribution in [-0.2, 0) is 14.3 Å². The second-order valence-electron chi connectivity index (χ2n) is 10.8. The number of esters is 1. The second kappa shape index (κ2) is 27.9. The number of carboxylic acids is 1. The fourth-order valence-electron chi connectivity index (χ4n) is 4.90. The largest absolute Gasteiger partial charge is 0.480 e. The van der Waals surface area contributed by atoms with Crippen molar-refractivity contribution in [3.05, 3.63) is 0 Å². The zero-order valence-corrected chi connectivity index (χ0v) is 25.0. The van der Waals surface area contributed by atoms with Crippen molar-refractivity contribution in [2.45, 2.75) is 142 Å². The van der Waals surface area contributed by atoms with E-state index in [4.69, 9.17) is 0 Å². The maximum absolute atomic E-state index is 11.5. The van der Waals surface area contributed by atoms with E-state index >= 15 is 0 Å². The molecule has 0 aliphatic rings. The Kier molecular flexibility index (Phi) is 27.0. The Morgan fingerprint density at radius 3 is 1.35 bits per heavy atom. The van der Waals surface area contributed by atoms with Crippen molar-refractivity contribution >= 4 is 11.9 Å². The standard InChI is InChI=1S/C31H62N2O4/c1-4-6-8-10-12-16-20-24-32(25-21-17-13-11-9-7-5-2)27-28-33(29-30(34)35)26-22-18-14-15-19-23-31(36)37-3/h4-29H2,1-3H3,(H,34,35). The van der Waals surface area contributed by atoms with Gasteiger partial charge in [0.15, 0.2) is 0 Å². The number of aliphatic carboxylic acids is 1. The molecule has 37 heavy (non-hydrogen) atoms. The SMILES string of the molecule is CCCCCCCCCN(CCCCCCCCC)CCN(CCCCCCCC(=O)OC)CC(=O)O. The summed E-state index contributed by atoms with van der Waals surface area (Å²) in [6.07, 6.45) is 24.2. The van der Waals surface area contributed by atoms with Gasteiger partial charge in [-0.3, -0.25) is 14.5 Å². The van der Waals surface area contributed by atoms with E-state index in [1.165, 1.54) is 97.0 Å². The molecule has 0 aromatic rings. The van der Waals surface area contributed by atoms with E-state index in [9.17, 15) is 14.7 Å². The summed E-state index contributed by atoms with van der Waals surface area (Å²) in [5.74, 6) is -0.867. The Labute approximate surface area is 229 Å². The molecule has 0 unspecified atom stereocenters. The van der Waals surface area contributed by atoms with Gasteiger partial charge in [0.05, 0.1) is 13.7 Å². The number of unbranched alkanes of at least 4 members (excludes halogenated alkanes) is 16. The van der Waals surface area contributed by atoms with Crippen LogP contribution in [0, 0.1) is 0 Å². The summed E-state index contributed by atoms with van der Waals surface area (Å²) in [5, 5.41) is 9.42. The number of ether oxygens (including phenoxy) is 1. The summed E-state index contributed by atoms with van der Waals surface area (Å²) in [5.41, 5.74) is 0. The van der Waals surface area contributed by atoms with E-state index in [1.54, 1.807) is 0 Å². The fraction of sp³-hybridized carbons (Fsp3) is 0.935. The number of carboxylic acid groups (broad SMARTS) is 1. The summed E-state index contributed by atoms with van der Waals surface area (Å²) in [6, 6.07) is 0. The molecule has 0 bridgehead atoms. The van der Waals surface area contributed by atoms with E-state index < -0.39 is 5.97 Å². The molecule has 0 amide bonds. The lowest BCUT2D eigenvalue weighted by Gasteiger charge is -2.27. The number of rotatable bonds is 29. The minimum Gasteiger partial charge on any atom is -0.480 e. The number of carbonyl (C=O) groups excluding carboxylic acids is 1. The first-order valence-electron chi connectivity index (χ1n) is 15.8. The van der Waals surface area contributed by atoms with Gasteiger partial charge in [0.1, 0.15) is 0 Å². The monoisotopic (exact) mass is 526 g/mol. The fourth-order valence-corrected chi connectivity index (χ4v) is 4.90. The maximum atomic E-state index is 11.5. The van der Waals surface area contributed by atoms with E-state index in [0.717, 1.165) is 64.8 Å². The molecule has 0 aliphatic heterocycles. The quantitative estimate of drug-likeness (QED) is 0.0796. The zero-order chi connectivity index (χ0) is 27.4. The Morgan fingerprint density at radius 1 is 0.541 bits per heavy atom. The third kappa shape index (κ3) is 26.3. The first-order valence-corrected chi connectivity index (χ1v) is 15.8. The third-order valence-corrected chi connectivity index (χ3v) is 7.33. The summed E-state index contributed by atoms with van der Waals surface area (Å²) in [4.78, 5) is 27.4. The van der Waals surface area contributed by atoms with Crippen molar-refractivity contribution in [1.29, 1.82) is 0 Å². The molecule has 0 fully saturated rings. The van der Waals surface area contributed by atoms with Crippen LogP contribution in [0.1, 0.15) is 142 Å². The highest BCUT2D eigenvalue weighted by Crippen LogP contribution is 2.11. The van der Waals surface area contributed by atoms with Crippen LogP contribution in [0.25, 0.3) is 0 Å². The van der Waals surface area contributed by atoms with E-state index in [0.29, 0.717) is 6.42 Å². The average molecular weight is 527 g/mol. The predicted molar refractivity (Wildman–Crippen MR) is 156 cm³/mol. The lowest BCUT2D eigenvalue weighted by atomic mass is 10.1. The molecular weight excluding hydrogens is 464 g/mol. The van der Waals surface area contributed by atoms with Crippen LogP contribution < -0.4 is 0 Å². The van der Waals surface area contributed by atoms with Gasteiger partial charge in [-0.05, 0) is 45.3 Å². The molecule has 0 heterocycles. The Hall–Kier alpha value is -1.14. The molecular formula is C31H62N2O4. The number of hydrogen-bond acceptors (Lipinski definition) is 5. The van der Waals surface area contributed by atoms with E-state index in [1.807, 2.05) is 0 Å². The van der Waals surface area contributed by atoms with Crippen LogP contribution in [0.15, 0.2) is 0 Å². The Balaban J connectivity index is 4.40. The van der Waals surface area contributed by atoms with Gasteiger partial charge in [-0.25, -0.2) is 0 Å². The number of hydrogen-bond donors (Lipinski definition) is 1. The van der Waals surface area contributed by atoms with Gasteiger partial charge < -0.3 is 14.7 Å². The molecule has 1 N–H and O–H groups in total. The van der Waals surface area contributed by atoms with Crippen LogP contribution in [0.5, 0.6) is 0 Å². The number of methoxy groups -OCH3 is 1. The van der Waals surface area contributed by atoms with Crippen LogP contribution in [-0.4, -0.2) is 73.2 Å². The highest BCUT2D eigenvalue weighted by atomic mass is 16.5. The van der Waals surface area contributed by atoms with Gasteiger partial charge in [0.25, 0.3) is 0 Å². The van der Waals surface area contributed by atoms with Crippen LogP contribution in [0.4, 0.5) is 0 Å².